The lowest BCUT2D eigenvalue weighted by Gasteiger charge is -2.52. The van der Waals surface area contributed by atoms with Gasteiger partial charge in [-0.3, -0.25) is 4.79 Å². The number of aryl methyl sites for hydroxylation is 1. The Morgan fingerprint density at radius 2 is 1.97 bits per heavy atom. The van der Waals surface area contributed by atoms with Gasteiger partial charge in [-0.2, -0.15) is 4.98 Å². The number of H-pyrrole nitrogens is 1. The van der Waals surface area contributed by atoms with Crippen LogP contribution in [-0.4, -0.2) is 70.8 Å². The van der Waals surface area contributed by atoms with Crippen molar-refractivity contribution in [1.29, 1.82) is 0 Å². The van der Waals surface area contributed by atoms with Crippen LogP contribution in [0, 0.1) is 12.3 Å². The third kappa shape index (κ3) is 3.94. The number of hydrogen-bond acceptors (Lipinski definition) is 7. The number of likely N-dealkylation sites (tertiary alicyclic amines) is 1. The monoisotopic (exact) mass is 495 g/mol. The number of carbonyl (C=O) groups is 1. The van der Waals surface area contributed by atoms with Crippen molar-refractivity contribution < 1.29 is 13.6 Å². The topological polar surface area (TPSA) is 118 Å². The maximum absolute atomic E-state index is 13.1. The van der Waals surface area contributed by atoms with Gasteiger partial charge in [-0.15, -0.1) is 0 Å². The van der Waals surface area contributed by atoms with Crippen LogP contribution in [0.5, 0.6) is 0 Å². The Morgan fingerprint density at radius 1 is 1.19 bits per heavy atom. The summed E-state index contributed by atoms with van der Waals surface area (Å²) in [5, 5.41) is 4.22. The highest BCUT2D eigenvalue weighted by Gasteiger charge is 2.46. The van der Waals surface area contributed by atoms with Crippen LogP contribution in [0.15, 0.2) is 18.6 Å². The molecule has 10 nitrogen and oxygen atoms in total. The molecule has 0 unspecified atom stereocenters. The van der Waals surface area contributed by atoms with Gasteiger partial charge in [-0.05, 0) is 38.0 Å². The number of fused-ring (bicyclic) bond motifs is 2. The number of piperidine rings is 1. The third-order valence-corrected chi connectivity index (χ3v) is 7.64. The molecule has 12 heteroatoms. The van der Waals surface area contributed by atoms with E-state index in [1.807, 2.05) is 4.90 Å². The summed E-state index contributed by atoms with van der Waals surface area (Å²) >= 11 is 0. The molecule has 1 saturated heterocycles. The van der Waals surface area contributed by atoms with Gasteiger partial charge in [0.2, 0.25) is 11.9 Å². The van der Waals surface area contributed by atoms with Crippen LogP contribution in [-0.2, 0) is 11.3 Å². The van der Waals surface area contributed by atoms with Crippen molar-refractivity contribution in [1.82, 2.24) is 39.4 Å². The molecule has 0 bridgehead atoms. The van der Waals surface area contributed by atoms with Gasteiger partial charge in [-0.1, -0.05) is 0 Å². The molecule has 1 saturated carbocycles. The van der Waals surface area contributed by atoms with E-state index in [9.17, 15) is 13.6 Å². The number of aromatic nitrogens is 7. The Hall–Kier alpha value is -3.70. The van der Waals surface area contributed by atoms with E-state index in [4.69, 9.17) is 0 Å². The average Bonchev–Trinajstić information content (AvgIpc) is 3.38. The maximum Gasteiger partial charge on any atom is 0.256 e. The average molecular weight is 496 g/mol. The first-order chi connectivity index (χ1) is 17.3. The molecule has 5 heterocycles. The first-order valence-electron chi connectivity index (χ1n) is 12.1. The zero-order valence-corrected chi connectivity index (χ0v) is 20.1. The van der Waals surface area contributed by atoms with E-state index in [2.05, 4.69) is 35.2 Å². The predicted octanol–water partition coefficient (Wildman–Crippen LogP) is 3.54. The Labute approximate surface area is 205 Å². The highest BCUT2D eigenvalue weighted by Crippen LogP contribution is 2.49. The molecule has 0 atom stereocenters. The van der Waals surface area contributed by atoms with Crippen LogP contribution in [0.4, 0.5) is 14.7 Å². The zero-order valence-electron chi connectivity index (χ0n) is 20.1. The molecule has 1 aliphatic heterocycles. The summed E-state index contributed by atoms with van der Waals surface area (Å²) in [4.78, 5) is 39.0. The van der Waals surface area contributed by atoms with Crippen molar-refractivity contribution in [3.05, 3.63) is 24.4 Å². The Kier molecular flexibility index (Phi) is 5.34. The molecule has 0 radical (unpaired) electrons. The van der Waals surface area contributed by atoms with Crippen molar-refractivity contribution in [2.45, 2.75) is 58.5 Å². The van der Waals surface area contributed by atoms with Crippen LogP contribution >= 0.6 is 0 Å². The third-order valence-electron chi connectivity index (χ3n) is 7.64. The SMILES string of the molecule is CC(=O)N1CCC2(CC1)CC(Nc1ncc3c(-c4cnc5nc(C)n(CC(F)F)c5n4)c[nH]c3n1)C2. The fourth-order valence-corrected chi connectivity index (χ4v) is 5.65. The fraction of sp³-hybridized carbons (Fsp3) is 0.500. The molecular formula is C24H27F2N9O. The number of hydrogen-bond donors (Lipinski definition) is 2. The summed E-state index contributed by atoms with van der Waals surface area (Å²) in [6.07, 6.45) is 6.79. The largest absolute Gasteiger partial charge is 0.351 e. The van der Waals surface area contributed by atoms with E-state index in [1.165, 1.54) is 4.57 Å². The molecule has 6 rings (SSSR count). The molecule has 2 aliphatic rings. The normalized spacial score (nSPS) is 17.9. The summed E-state index contributed by atoms with van der Waals surface area (Å²) in [6.45, 7) is 4.50. The number of imidazole rings is 1. The van der Waals surface area contributed by atoms with E-state index in [1.54, 1.807) is 32.4 Å². The number of anilines is 1. The summed E-state index contributed by atoms with van der Waals surface area (Å²) in [5.74, 6) is 1.16. The lowest BCUT2D eigenvalue weighted by Crippen LogP contribution is -2.52. The van der Waals surface area contributed by atoms with Crippen LogP contribution in [0.1, 0.15) is 38.4 Å². The minimum atomic E-state index is -2.52. The quantitative estimate of drug-likeness (QED) is 0.435. The second-order valence-corrected chi connectivity index (χ2v) is 9.98. The predicted molar refractivity (Wildman–Crippen MR) is 130 cm³/mol. The van der Waals surface area contributed by atoms with Gasteiger partial charge in [0, 0.05) is 49.4 Å². The fourth-order valence-electron chi connectivity index (χ4n) is 5.65. The minimum absolute atomic E-state index is 0.158. The van der Waals surface area contributed by atoms with Gasteiger partial charge in [0.15, 0.2) is 11.3 Å². The van der Waals surface area contributed by atoms with Crippen LogP contribution in [0.2, 0.25) is 0 Å². The van der Waals surface area contributed by atoms with E-state index < -0.39 is 13.0 Å². The second kappa shape index (κ2) is 8.45. The molecule has 2 N–H and O–H groups in total. The highest BCUT2D eigenvalue weighted by atomic mass is 19.3. The molecule has 1 amide bonds. The first-order valence-corrected chi connectivity index (χ1v) is 12.1. The number of nitrogens with zero attached hydrogens (tertiary/aromatic N) is 7. The summed E-state index contributed by atoms with van der Waals surface area (Å²) in [6, 6.07) is 0.312. The van der Waals surface area contributed by atoms with Crippen molar-refractivity contribution in [3.8, 4) is 11.3 Å². The van der Waals surface area contributed by atoms with E-state index in [-0.39, 0.29) is 5.91 Å². The van der Waals surface area contributed by atoms with Crippen LogP contribution < -0.4 is 5.32 Å². The number of amides is 1. The van der Waals surface area contributed by atoms with Gasteiger partial charge in [0.05, 0.1) is 18.4 Å². The van der Waals surface area contributed by atoms with Crippen LogP contribution in [0.3, 0.4) is 0 Å². The lowest BCUT2D eigenvalue weighted by atomic mass is 9.60. The van der Waals surface area contributed by atoms with Gasteiger partial charge in [0.1, 0.15) is 11.5 Å². The number of aromatic amines is 1. The molecule has 36 heavy (non-hydrogen) atoms. The summed E-state index contributed by atoms with van der Waals surface area (Å²) < 4.78 is 27.5. The molecule has 4 aromatic rings. The Morgan fingerprint density at radius 3 is 2.69 bits per heavy atom. The highest BCUT2D eigenvalue weighted by molar-refractivity contribution is 5.93. The number of alkyl halides is 2. The van der Waals surface area contributed by atoms with Gasteiger partial charge < -0.3 is 19.8 Å². The number of nitrogens with one attached hydrogen (secondary N) is 2. The molecule has 4 aromatic heterocycles. The first kappa shape index (κ1) is 22.7. The zero-order chi connectivity index (χ0) is 25.0. The Bertz CT molecular complexity index is 1450. The molecule has 188 valence electrons. The van der Waals surface area contributed by atoms with Gasteiger partial charge in [-0.25, -0.2) is 28.7 Å². The van der Waals surface area contributed by atoms with Crippen molar-refractivity contribution in [2.75, 3.05) is 18.4 Å². The van der Waals surface area contributed by atoms with E-state index in [0.29, 0.717) is 45.9 Å². The Balaban J connectivity index is 1.18. The molecule has 2 fully saturated rings. The van der Waals surface area contributed by atoms with E-state index in [0.717, 1.165) is 49.7 Å². The lowest BCUT2D eigenvalue weighted by molar-refractivity contribution is -0.132. The van der Waals surface area contributed by atoms with Gasteiger partial charge in [0.25, 0.3) is 6.43 Å². The summed E-state index contributed by atoms with van der Waals surface area (Å²) in [7, 11) is 0. The molecule has 1 aliphatic carbocycles. The van der Waals surface area contributed by atoms with E-state index >= 15 is 0 Å². The minimum Gasteiger partial charge on any atom is -0.351 e. The van der Waals surface area contributed by atoms with Crippen molar-refractivity contribution >= 4 is 34.2 Å². The second-order valence-electron chi connectivity index (χ2n) is 9.98. The number of carbonyl (C=O) groups excluding carboxylic acids is 1. The smallest absolute Gasteiger partial charge is 0.256 e. The van der Waals surface area contributed by atoms with Crippen molar-refractivity contribution in [3.63, 3.8) is 0 Å². The molecular weight excluding hydrogens is 468 g/mol. The van der Waals surface area contributed by atoms with Crippen LogP contribution in [0.25, 0.3) is 33.6 Å². The van der Waals surface area contributed by atoms with Crippen molar-refractivity contribution in [2.24, 2.45) is 5.41 Å². The molecule has 0 aromatic carbocycles. The number of halogens is 2. The number of rotatable bonds is 5. The molecule has 1 spiro atoms. The van der Waals surface area contributed by atoms with Gasteiger partial charge >= 0.3 is 0 Å². The maximum atomic E-state index is 13.1. The summed E-state index contributed by atoms with van der Waals surface area (Å²) in [5.41, 5.74) is 2.92. The standard InChI is InChI=1S/C24H27F2N9O/c1-13-30-21-22(35(13)12-19(25)26)32-18(11-28-21)16-9-27-20-17(16)10-29-23(33-20)31-15-7-24(8-15)3-5-34(6-4-24)14(2)36/h9-11,15,19H,3-8,12H2,1-2H3,(H2,27,29,31,33).